The number of carbonyl (C=O) groups is 1. The lowest BCUT2D eigenvalue weighted by Crippen LogP contribution is -2.53. The van der Waals surface area contributed by atoms with E-state index in [1.54, 1.807) is 0 Å². The van der Waals surface area contributed by atoms with E-state index in [1.807, 2.05) is 0 Å². The third-order valence-corrected chi connectivity index (χ3v) is 7.54. The largest absolute Gasteiger partial charge is 0.460 e. The first kappa shape index (κ1) is 15.3. The van der Waals surface area contributed by atoms with E-state index in [-0.39, 0.29) is 22.9 Å². The summed E-state index contributed by atoms with van der Waals surface area (Å²) in [6, 6.07) is 0. The molecule has 0 saturated heterocycles. The van der Waals surface area contributed by atoms with Gasteiger partial charge in [-0.2, -0.15) is 0 Å². The lowest BCUT2D eigenvalue weighted by atomic mass is 9.70. The molecule has 0 aliphatic heterocycles. The summed E-state index contributed by atoms with van der Waals surface area (Å²) in [5.41, 5.74) is 6.06. The van der Waals surface area contributed by atoms with Crippen LogP contribution in [0.15, 0.2) is 0 Å². The second-order valence-corrected chi connectivity index (χ2v) is 8.84. The van der Waals surface area contributed by atoms with Gasteiger partial charge >= 0.3 is 5.97 Å². The van der Waals surface area contributed by atoms with Crippen LogP contribution in [-0.2, 0) is 9.53 Å². The molecular formula is C18H31NO2. The maximum absolute atomic E-state index is 12.7. The van der Waals surface area contributed by atoms with Crippen LogP contribution in [0.25, 0.3) is 0 Å². The fraction of sp³-hybridized carbons (Fsp3) is 0.944. The molecule has 3 unspecified atom stereocenters. The molecule has 3 rings (SSSR count). The summed E-state index contributed by atoms with van der Waals surface area (Å²) < 4.78 is 6.00. The summed E-state index contributed by atoms with van der Waals surface area (Å²) >= 11 is 0. The molecule has 0 aromatic rings. The SMILES string of the molecule is CC1CCC(N)(C(=O)OC2CC3CCC2(C)C3(C)C)CC1. The third-order valence-electron chi connectivity index (χ3n) is 7.54. The normalized spacial score (nSPS) is 48.3. The fourth-order valence-corrected chi connectivity index (χ4v) is 5.04. The molecule has 3 fully saturated rings. The predicted molar refractivity (Wildman–Crippen MR) is 83.7 cm³/mol. The summed E-state index contributed by atoms with van der Waals surface area (Å²) in [6.07, 6.45) is 7.20. The van der Waals surface area contributed by atoms with Gasteiger partial charge in [-0.1, -0.05) is 27.7 Å². The fourth-order valence-electron chi connectivity index (χ4n) is 5.04. The van der Waals surface area contributed by atoms with Crippen LogP contribution in [0.4, 0.5) is 0 Å². The van der Waals surface area contributed by atoms with Crippen molar-refractivity contribution in [2.24, 2.45) is 28.4 Å². The van der Waals surface area contributed by atoms with Crippen molar-refractivity contribution in [3.63, 3.8) is 0 Å². The molecule has 0 aromatic heterocycles. The minimum absolute atomic E-state index is 0.0681. The van der Waals surface area contributed by atoms with Gasteiger partial charge in [0.1, 0.15) is 11.6 Å². The van der Waals surface area contributed by atoms with Crippen LogP contribution in [0, 0.1) is 22.7 Å². The smallest absolute Gasteiger partial charge is 0.326 e. The van der Waals surface area contributed by atoms with Gasteiger partial charge < -0.3 is 10.5 Å². The number of carbonyl (C=O) groups excluding carboxylic acids is 1. The van der Waals surface area contributed by atoms with Crippen LogP contribution in [0.1, 0.15) is 72.6 Å². The van der Waals surface area contributed by atoms with Gasteiger partial charge in [-0.25, -0.2) is 0 Å². The van der Waals surface area contributed by atoms with E-state index < -0.39 is 5.54 Å². The van der Waals surface area contributed by atoms with Crippen LogP contribution in [-0.4, -0.2) is 17.6 Å². The quantitative estimate of drug-likeness (QED) is 0.791. The van der Waals surface area contributed by atoms with Crippen molar-refractivity contribution in [1.29, 1.82) is 0 Å². The molecule has 2 bridgehead atoms. The summed E-state index contributed by atoms with van der Waals surface area (Å²) in [6.45, 7) is 9.24. The summed E-state index contributed by atoms with van der Waals surface area (Å²) in [4.78, 5) is 12.7. The van der Waals surface area contributed by atoms with Crippen molar-refractivity contribution >= 4 is 5.97 Å². The number of rotatable bonds is 2. The van der Waals surface area contributed by atoms with Gasteiger partial charge in [-0.15, -0.1) is 0 Å². The van der Waals surface area contributed by atoms with Gasteiger partial charge in [-0.05, 0) is 62.2 Å². The van der Waals surface area contributed by atoms with Crippen LogP contribution in [0.5, 0.6) is 0 Å². The zero-order valence-electron chi connectivity index (χ0n) is 14.1. The number of fused-ring (bicyclic) bond motifs is 2. The Kier molecular flexibility index (Phi) is 3.44. The molecule has 3 atom stereocenters. The molecule has 0 radical (unpaired) electrons. The molecule has 21 heavy (non-hydrogen) atoms. The second kappa shape index (κ2) is 4.71. The Morgan fingerprint density at radius 1 is 1.10 bits per heavy atom. The molecular weight excluding hydrogens is 262 g/mol. The molecule has 0 heterocycles. The molecule has 2 N–H and O–H groups in total. The standard InChI is InChI=1S/C18H31NO2/c1-12-5-9-18(19,10-6-12)15(20)21-14-11-13-7-8-17(14,4)16(13,2)3/h12-14H,5-11,19H2,1-4H3. The topological polar surface area (TPSA) is 52.3 Å². The van der Waals surface area contributed by atoms with Crippen molar-refractivity contribution in [3.8, 4) is 0 Å². The monoisotopic (exact) mass is 293 g/mol. The molecule has 120 valence electrons. The molecule has 3 heteroatoms. The molecule has 3 aliphatic rings. The number of ether oxygens (including phenoxy) is 1. The molecule has 3 nitrogen and oxygen atoms in total. The Labute approximate surface area is 129 Å². The third kappa shape index (κ3) is 2.15. The van der Waals surface area contributed by atoms with Crippen LogP contribution in [0.3, 0.4) is 0 Å². The Balaban J connectivity index is 1.69. The van der Waals surface area contributed by atoms with Gasteiger partial charge in [0, 0.05) is 5.41 Å². The van der Waals surface area contributed by atoms with E-state index in [2.05, 4.69) is 27.7 Å². The zero-order chi connectivity index (χ0) is 15.5. The van der Waals surface area contributed by atoms with Gasteiger partial charge in [0.25, 0.3) is 0 Å². The molecule has 0 aromatic carbocycles. The van der Waals surface area contributed by atoms with Crippen molar-refractivity contribution < 1.29 is 9.53 Å². The Morgan fingerprint density at radius 3 is 2.19 bits per heavy atom. The van der Waals surface area contributed by atoms with E-state index >= 15 is 0 Å². The lowest BCUT2D eigenvalue weighted by molar-refractivity contribution is -0.165. The van der Waals surface area contributed by atoms with Crippen molar-refractivity contribution in [3.05, 3.63) is 0 Å². The van der Waals surface area contributed by atoms with Gasteiger partial charge in [0.2, 0.25) is 0 Å². The Hall–Kier alpha value is -0.570. The number of esters is 1. The van der Waals surface area contributed by atoms with Crippen LogP contribution >= 0.6 is 0 Å². The van der Waals surface area contributed by atoms with Crippen LogP contribution in [0.2, 0.25) is 0 Å². The summed E-state index contributed by atoms with van der Waals surface area (Å²) in [7, 11) is 0. The van der Waals surface area contributed by atoms with E-state index in [9.17, 15) is 4.79 Å². The van der Waals surface area contributed by atoms with E-state index in [0.29, 0.717) is 11.8 Å². The summed E-state index contributed by atoms with van der Waals surface area (Å²) in [5, 5.41) is 0. The minimum atomic E-state index is -0.727. The average Bonchev–Trinajstić information content (AvgIpc) is 2.75. The highest BCUT2D eigenvalue weighted by molar-refractivity contribution is 5.81. The highest BCUT2D eigenvalue weighted by atomic mass is 16.5. The van der Waals surface area contributed by atoms with Crippen molar-refractivity contribution in [1.82, 2.24) is 0 Å². The van der Waals surface area contributed by atoms with Crippen molar-refractivity contribution in [2.75, 3.05) is 0 Å². The molecule has 3 aliphatic carbocycles. The Bertz CT molecular complexity index is 436. The van der Waals surface area contributed by atoms with Gasteiger partial charge in [0.15, 0.2) is 0 Å². The van der Waals surface area contributed by atoms with Crippen molar-refractivity contribution in [2.45, 2.75) is 84.3 Å². The first-order valence-electron chi connectivity index (χ1n) is 8.69. The van der Waals surface area contributed by atoms with Gasteiger partial charge in [-0.3, -0.25) is 4.79 Å². The van der Waals surface area contributed by atoms with E-state index in [0.717, 1.165) is 32.1 Å². The molecule has 0 spiro atoms. The Morgan fingerprint density at radius 2 is 1.71 bits per heavy atom. The van der Waals surface area contributed by atoms with Crippen LogP contribution < -0.4 is 5.73 Å². The van der Waals surface area contributed by atoms with Gasteiger partial charge in [0.05, 0.1) is 0 Å². The molecule has 0 amide bonds. The maximum atomic E-state index is 12.7. The first-order chi connectivity index (χ1) is 9.69. The minimum Gasteiger partial charge on any atom is -0.460 e. The van der Waals surface area contributed by atoms with E-state index in [1.165, 1.54) is 12.8 Å². The molecule has 3 saturated carbocycles. The summed E-state index contributed by atoms with van der Waals surface area (Å²) in [5.74, 6) is 1.25. The zero-order valence-corrected chi connectivity index (χ0v) is 14.1. The highest BCUT2D eigenvalue weighted by Gasteiger charge is 2.63. The number of nitrogens with two attached hydrogens (primary N) is 1. The lowest BCUT2D eigenvalue weighted by Gasteiger charge is -2.41. The average molecular weight is 293 g/mol. The predicted octanol–water partition coefficient (Wildman–Crippen LogP) is 3.65. The first-order valence-corrected chi connectivity index (χ1v) is 8.69. The highest BCUT2D eigenvalue weighted by Crippen LogP contribution is 2.66. The second-order valence-electron chi connectivity index (χ2n) is 8.84. The van der Waals surface area contributed by atoms with E-state index in [4.69, 9.17) is 10.5 Å². The number of hydrogen-bond donors (Lipinski definition) is 1. The maximum Gasteiger partial charge on any atom is 0.326 e. The number of hydrogen-bond acceptors (Lipinski definition) is 3.